The quantitative estimate of drug-likeness (QED) is 0.104. The largest absolute Gasteiger partial charge is 0.826 e. The van der Waals surface area contributed by atoms with Gasteiger partial charge in [0.15, 0.2) is 0 Å². The second-order valence-electron chi connectivity index (χ2n) is 9.74. The van der Waals surface area contributed by atoms with E-state index in [1.54, 1.807) is 0 Å². The Hall–Kier alpha value is 0.0500. The molecule has 0 N–H and O–H groups in total. The van der Waals surface area contributed by atoms with E-state index >= 15 is 0 Å². The highest BCUT2D eigenvalue weighted by molar-refractivity contribution is 7.34. The maximum atomic E-state index is 11.8. The summed E-state index contributed by atoms with van der Waals surface area (Å²) in [5.74, 6) is 0. The number of hydrogen-bond donors (Lipinski definition) is 0. The van der Waals surface area contributed by atoms with Crippen LogP contribution in [-0.4, -0.2) is 44.3 Å². The minimum atomic E-state index is 0.243. The number of hydrogen-bond acceptors (Lipinski definition) is 2. The maximum Gasteiger partial charge on any atom is 0.106 e. The molecule has 0 saturated carbocycles. The van der Waals surface area contributed by atoms with Gasteiger partial charge in [-0.05, 0) is 6.42 Å². The summed E-state index contributed by atoms with van der Waals surface area (Å²) >= 11 is 0. The Morgan fingerprint density at radius 3 is 1.41 bits per heavy atom. The van der Waals surface area contributed by atoms with E-state index in [4.69, 9.17) is 4.52 Å². The fourth-order valence-corrected chi connectivity index (χ4v) is 4.05. The lowest BCUT2D eigenvalue weighted by molar-refractivity contribution is -0.870. The summed E-state index contributed by atoms with van der Waals surface area (Å²) < 4.78 is 6.34. The van der Waals surface area contributed by atoms with Crippen LogP contribution in [0.15, 0.2) is 0 Å². The SMILES string of the molecule is CCCCCCCCCCCCCCCCCCCC([O-])=POCC[N+](C)(C)C. The van der Waals surface area contributed by atoms with Gasteiger partial charge in [-0.2, -0.15) is 0 Å². The highest BCUT2D eigenvalue weighted by atomic mass is 31.1. The molecule has 0 aromatic heterocycles. The Bertz CT molecular complexity index is 366. The molecular formula is C25H52NO2P. The summed E-state index contributed by atoms with van der Waals surface area (Å²) in [6.07, 6.45) is 24.0. The van der Waals surface area contributed by atoms with Crippen molar-refractivity contribution in [1.29, 1.82) is 0 Å². The van der Waals surface area contributed by atoms with Crippen LogP contribution in [0.5, 0.6) is 0 Å². The van der Waals surface area contributed by atoms with E-state index in [1.807, 2.05) is 0 Å². The van der Waals surface area contributed by atoms with Crippen LogP contribution in [0.2, 0.25) is 0 Å². The summed E-state index contributed by atoms with van der Waals surface area (Å²) in [4.78, 5) is 0. The first-order valence-electron chi connectivity index (χ1n) is 12.6. The van der Waals surface area contributed by atoms with Gasteiger partial charge in [0.2, 0.25) is 0 Å². The smallest absolute Gasteiger partial charge is 0.106 e. The maximum absolute atomic E-state index is 11.8. The molecule has 0 rings (SSSR count). The zero-order valence-electron chi connectivity index (χ0n) is 20.4. The van der Waals surface area contributed by atoms with Gasteiger partial charge in [-0.3, -0.25) is 0 Å². The Morgan fingerprint density at radius 1 is 0.655 bits per heavy atom. The molecular weight excluding hydrogens is 377 g/mol. The number of nitrogens with zero attached hydrogens (tertiary/aromatic N) is 1. The average Bonchev–Trinajstić information content (AvgIpc) is 2.67. The molecule has 4 heteroatoms. The monoisotopic (exact) mass is 429 g/mol. The average molecular weight is 430 g/mol. The third-order valence-corrected chi connectivity index (χ3v) is 6.25. The van der Waals surface area contributed by atoms with Crippen molar-refractivity contribution in [2.75, 3.05) is 34.3 Å². The van der Waals surface area contributed by atoms with Crippen LogP contribution in [0, 0.1) is 0 Å². The van der Waals surface area contributed by atoms with Gasteiger partial charge in [0.1, 0.15) is 13.2 Å². The van der Waals surface area contributed by atoms with Gasteiger partial charge in [0, 0.05) is 8.43 Å². The van der Waals surface area contributed by atoms with E-state index in [9.17, 15) is 5.11 Å². The van der Waals surface area contributed by atoms with E-state index in [0.29, 0.717) is 21.5 Å². The molecule has 0 aliphatic heterocycles. The molecule has 0 radical (unpaired) electrons. The Morgan fingerprint density at radius 2 is 1.03 bits per heavy atom. The van der Waals surface area contributed by atoms with Gasteiger partial charge in [-0.25, -0.2) is 0 Å². The van der Waals surface area contributed by atoms with E-state index < -0.39 is 0 Å². The first-order valence-corrected chi connectivity index (χ1v) is 13.4. The van der Waals surface area contributed by atoms with Gasteiger partial charge < -0.3 is 14.1 Å². The third-order valence-electron chi connectivity index (χ3n) is 5.51. The normalized spacial score (nSPS) is 12.7. The third kappa shape index (κ3) is 26.0. The molecule has 0 aromatic carbocycles. The standard InChI is InChI=1S/C25H52NO2P/c1-5-6-7-8-9-10-11-12-13-14-15-16-17-18-19-20-21-22-25(27)29-28-24-23-26(2,3)4/h5-24H2,1-4H3. The van der Waals surface area contributed by atoms with Crippen molar-refractivity contribution in [3.8, 4) is 0 Å². The summed E-state index contributed by atoms with van der Waals surface area (Å²) in [5.41, 5.74) is 0.243. The molecule has 0 bridgehead atoms. The van der Waals surface area contributed by atoms with Crippen LogP contribution in [0.1, 0.15) is 122 Å². The van der Waals surface area contributed by atoms with E-state index in [1.165, 1.54) is 103 Å². The Labute approximate surface area is 185 Å². The minimum absolute atomic E-state index is 0.243. The number of quaternary nitrogens is 1. The Balaban J connectivity index is 3.21. The van der Waals surface area contributed by atoms with E-state index in [2.05, 4.69) is 28.1 Å². The van der Waals surface area contributed by atoms with Crippen LogP contribution in [0.4, 0.5) is 0 Å². The van der Waals surface area contributed by atoms with Crippen LogP contribution >= 0.6 is 8.43 Å². The fraction of sp³-hybridized carbons (Fsp3) is 0.960. The van der Waals surface area contributed by atoms with Crippen molar-refractivity contribution in [2.24, 2.45) is 0 Å². The summed E-state index contributed by atoms with van der Waals surface area (Å²) in [6.45, 7) is 3.89. The number of likely N-dealkylation sites (N-methyl/N-ethyl adjacent to an activating group) is 1. The second kappa shape index (κ2) is 21.3. The van der Waals surface area contributed by atoms with Crippen molar-refractivity contribution >= 4 is 13.9 Å². The van der Waals surface area contributed by atoms with Crippen molar-refractivity contribution in [2.45, 2.75) is 122 Å². The summed E-state index contributed by atoms with van der Waals surface area (Å²) in [6, 6.07) is 0. The molecule has 0 aliphatic rings. The zero-order chi connectivity index (χ0) is 21.6. The molecule has 0 aromatic rings. The molecule has 3 nitrogen and oxygen atoms in total. The van der Waals surface area contributed by atoms with Crippen LogP contribution < -0.4 is 5.11 Å². The predicted molar refractivity (Wildman–Crippen MR) is 130 cm³/mol. The predicted octanol–water partition coefficient (Wildman–Crippen LogP) is 7.10. The molecule has 0 fully saturated rings. The zero-order valence-corrected chi connectivity index (χ0v) is 21.2. The highest BCUT2D eigenvalue weighted by Crippen LogP contribution is 2.14. The van der Waals surface area contributed by atoms with Gasteiger partial charge in [-0.15, -0.1) is 5.48 Å². The topological polar surface area (TPSA) is 32.3 Å². The summed E-state index contributed by atoms with van der Waals surface area (Å²) in [5, 5.41) is 11.8. The van der Waals surface area contributed by atoms with Gasteiger partial charge >= 0.3 is 0 Å². The molecule has 0 aliphatic carbocycles. The molecule has 0 spiro atoms. The van der Waals surface area contributed by atoms with Gasteiger partial charge in [-0.1, -0.05) is 116 Å². The lowest BCUT2D eigenvalue weighted by Crippen LogP contribution is -2.37. The van der Waals surface area contributed by atoms with E-state index in [-0.39, 0.29) is 5.48 Å². The van der Waals surface area contributed by atoms with Crippen LogP contribution in [-0.2, 0) is 4.52 Å². The minimum Gasteiger partial charge on any atom is -0.826 e. The molecule has 0 unspecified atom stereocenters. The number of rotatable bonds is 22. The first kappa shape index (κ1) is 29.1. The molecule has 174 valence electrons. The molecule has 0 atom stereocenters. The number of unbranched alkanes of at least 4 members (excludes halogenated alkanes) is 16. The molecule has 0 saturated heterocycles. The summed E-state index contributed by atoms with van der Waals surface area (Å²) in [7, 11) is 6.97. The molecule has 0 heterocycles. The second-order valence-corrected chi connectivity index (χ2v) is 10.7. The first-order chi connectivity index (χ1) is 14.0. The molecule has 29 heavy (non-hydrogen) atoms. The van der Waals surface area contributed by atoms with Crippen molar-refractivity contribution in [3.05, 3.63) is 0 Å². The fourth-order valence-electron chi connectivity index (χ4n) is 3.48. The lowest BCUT2D eigenvalue weighted by atomic mass is 10.0. The lowest BCUT2D eigenvalue weighted by Gasteiger charge is -2.23. The van der Waals surface area contributed by atoms with Gasteiger partial charge in [0.25, 0.3) is 0 Å². The van der Waals surface area contributed by atoms with Crippen molar-refractivity contribution in [1.82, 2.24) is 0 Å². The van der Waals surface area contributed by atoms with Crippen LogP contribution in [0.3, 0.4) is 0 Å². The highest BCUT2D eigenvalue weighted by Gasteiger charge is 2.04. The van der Waals surface area contributed by atoms with Crippen molar-refractivity contribution in [3.63, 3.8) is 0 Å². The van der Waals surface area contributed by atoms with Crippen LogP contribution in [0.25, 0.3) is 0 Å². The van der Waals surface area contributed by atoms with Gasteiger partial charge in [0.05, 0.1) is 21.1 Å². The Kier molecular flexibility index (Phi) is 21.3. The molecule has 0 amide bonds. The van der Waals surface area contributed by atoms with E-state index in [0.717, 1.165) is 17.4 Å². The van der Waals surface area contributed by atoms with Crippen molar-refractivity contribution < 1.29 is 14.1 Å².